The van der Waals surface area contributed by atoms with E-state index in [2.05, 4.69) is 12.2 Å². The standard InChI is InChI=1S/C21H24ClNO5/c1-2-9-25-16-3-5-17(6-4-16)28-14-20(24)23-8-7-15-12-18(22)21-19(13-15)26-10-11-27-21/h3-6,12-13H,2,7-11,14H2,1H3,(H,23,24). The minimum Gasteiger partial charge on any atom is -0.494 e. The fraction of sp³-hybridized carbons (Fsp3) is 0.381. The number of halogens is 1. The molecule has 1 aliphatic rings. The molecule has 1 amide bonds. The molecule has 0 spiro atoms. The third kappa shape index (κ3) is 5.70. The monoisotopic (exact) mass is 405 g/mol. The molecule has 2 aromatic carbocycles. The average Bonchev–Trinajstić information content (AvgIpc) is 2.71. The zero-order chi connectivity index (χ0) is 19.8. The predicted molar refractivity (Wildman–Crippen MR) is 107 cm³/mol. The van der Waals surface area contributed by atoms with E-state index >= 15 is 0 Å². The van der Waals surface area contributed by atoms with E-state index in [0.717, 1.165) is 17.7 Å². The van der Waals surface area contributed by atoms with Gasteiger partial charge in [0.15, 0.2) is 18.1 Å². The molecule has 1 N–H and O–H groups in total. The van der Waals surface area contributed by atoms with Crippen molar-refractivity contribution in [3.63, 3.8) is 0 Å². The molecule has 150 valence electrons. The molecule has 0 aliphatic carbocycles. The van der Waals surface area contributed by atoms with Crippen LogP contribution in [0.1, 0.15) is 18.9 Å². The van der Waals surface area contributed by atoms with E-state index in [9.17, 15) is 4.79 Å². The second kappa shape index (κ2) is 10.1. The Balaban J connectivity index is 1.40. The van der Waals surface area contributed by atoms with Crippen LogP contribution in [0.5, 0.6) is 23.0 Å². The SMILES string of the molecule is CCCOc1ccc(OCC(=O)NCCc2cc(Cl)c3c(c2)OCCO3)cc1. The Morgan fingerprint density at radius 1 is 1.11 bits per heavy atom. The molecule has 3 rings (SSSR count). The van der Waals surface area contributed by atoms with Crippen LogP contribution in [0, 0.1) is 0 Å². The van der Waals surface area contributed by atoms with Crippen molar-refractivity contribution in [2.75, 3.05) is 33.0 Å². The maximum absolute atomic E-state index is 12.0. The molecule has 28 heavy (non-hydrogen) atoms. The van der Waals surface area contributed by atoms with Crippen molar-refractivity contribution in [2.45, 2.75) is 19.8 Å². The lowest BCUT2D eigenvalue weighted by Crippen LogP contribution is -2.30. The Labute approximate surface area is 169 Å². The molecule has 0 fully saturated rings. The summed E-state index contributed by atoms with van der Waals surface area (Å²) in [5.74, 6) is 2.46. The Morgan fingerprint density at radius 2 is 1.82 bits per heavy atom. The fourth-order valence-electron chi connectivity index (χ4n) is 2.71. The normalized spacial score (nSPS) is 12.4. The zero-order valence-electron chi connectivity index (χ0n) is 15.8. The van der Waals surface area contributed by atoms with E-state index in [0.29, 0.717) is 55.1 Å². The number of nitrogens with one attached hydrogen (secondary N) is 1. The van der Waals surface area contributed by atoms with Crippen molar-refractivity contribution in [3.8, 4) is 23.0 Å². The van der Waals surface area contributed by atoms with Crippen LogP contribution in [0.15, 0.2) is 36.4 Å². The van der Waals surface area contributed by atoms with Crippen LogP contribution < -0.4 is 24.3 Å². The van der Waals surface area contributed by atoms with Crippen molar-refractivity contribution in [2.24, 2.45) is 0 Å². The smallest absolute Gasteiger partial charge is 0.257 e. The van der Waals surface area contributed by atoms with Gasteiger partial charge in [0.2, 0.25) is 0 Å². The summed E-state index contributed by atoms with van der Waals surface area (Å²) in [6.07, 6.45) is 1.59. The van der Waals surface area contributed by atoms with E-state index in [4.69, 9.17) is 30.5 Å². The van der Waals surface area contributed by atoms with Crippen LogP contribution in [0.4, 0.5) is 0 Å². The topological polar surface area (TPSA) is 66.0 Å². The Morgan fingerprint density at radius 3 is 2.57 bits per heavy atom. The number of carbonyl (C=O) groups excluding carboxylic acids is 1. The molecule has 2 aromatic rings. The maximum Gasteiger partial charge on any atom is 0.257 e. The molecule has 0 saturated carbocycles. The largest absolute Gasteiger partial charge is 0.494 e. The molecule has 6 nitrogen and oxygen atoms in total. The summed E-state index contributed by atoms with van der Waals surface area (Å²) >= 11 is 6.22. The number of hydrogen-bond donors (Lipinski definition) is 1. The molecular formula is C21H24ClNO5. The highest BCUT2D eigenvalue weighted by molar-refractivity contribution is 6.32. The van der Waals surface area contributed by atoms with Gasteiger partial charge < -0.3 is 24.3 Å². The van der Waals surface area contributed by atoms with Gasteiger partial charge in [0.05, 0.1) is 11.6 Å². The number of hydrogen-bond acceptors (Lipinski definition) is 5. The number of amides is 1. The van der Waals surface area contributed by atoms with Crippen molar-refractivity contribution in [1.82, 2.24) is 5.32 Å². The number of benzene rings is 2. The fourth-order valence-corrected chi connectivity index (χ4v) is 2.99. The van der Waals surface area contributed by atoms with E-state index in [1.54, 1.807) is 12.1 Å². The molecule has 0 saturated heterocycles. The number of ether oxygens (including phenoxy) is 4. The lowest BCUT2D eigenvalue weighted by Gasteiger charge is -2.20. The van der Waals surface area contributed by atoms with Gasteiger partial charge in [-0.25, -0.2) is 0 Å². The summed E-state index contributed by atoms with van der Waals surface area (Å²) in [5.41, 5.74) is 0.970. The molecule has 0 radical (unpaired) electrons. The first-order chi connectivity index (χ1) is 13.7. The van der Waals surface area contributed by atoms with Crippen molar-refractivity contribution in [1.29, 1.82) is 0 Å². The molecule has 0 aromatic heterocycles. The molecule has 0 unspecified atom stereocenters. The summed E-state index contributed by atoms with van der Waals surface area (Å²) < 4.78 is 22.1. The van der Waals surface area contributed by atoms with Crippen molar-refractivity contribution >= 4 is 17.5 Å². The third-order valence-electron chi connectivity index (χ3n) is 4.06. The minimum atomic E-state index is -0.185. The first-order valence-corrected chi connectivity index (χ1v) is 9.74. The maximum atomic E-state index is 12.0. The van der Waals surface area contributed by atoms with Crippen LogP contribution in [0.3, 0.4) is 0 Å². The van der Waals surface area contributed by atoms with Gasteiger partial charge in [0.25, 0.3) is 5.91 Å². The molecule has 1 heterocycles. The molecule has 0 atom stereocenters. The average molecular weight is 406 g/mol. The highest BCUT2D eigenvalue weighted by Gasteiger charge is 2.16. The van der Waals surface area contributed by atoms with Gasteiger partial charge in [-0.2, -0.15) is 0 Å². The van der Waals surface area contributed by atoms with Gasteiger partial charge in [0, 0.05) is 6.54 Å². The Bertz CT molecular complexity index is 794. The van der Waals surface area contributed by atoms with Crippen LogP contribution in [-0.4, -0.2) is 38.9 Å². The minimum absolute atomic E-state index is 0.0446. The van der Waals surface area contributed by atoms with Crippen LogP contribution >= 0.6 is 11.6 Å². The number of carbonyl (C=O) groups is 1. The summed E-state index contributed by atoms with van der Waals surface area (Å²) in [7, 11) is 0. The van der Waals surface area contributed by atoms with E-state index in [1.807, 2.05) is 24.3 Å². The Hall–Kier alpha value is -2.60. The quantitative estimate of drug-likeness (QED) is 0.690. The molecule has 0 bridgehead atoms. The van der Waals surface area contributed by atoms with Gasteiger partial charge in [0.1, 0.15) is 24.7 Å². The summed E-state index contributed by atoms with van der Waals surface area (Å²) in [6.45, 7) is 4.16. The summed E-state index contributed by atoms with van der Waals surface area (Å²) in [5, 5.41) is 3.36. The zero-order valence-corrected chi connectivity index (χ0v) is 16.6. The van der Waals surface area contributed by atoms with Crippen LogP contribution in [0.2, 0.25) is 5.02 Å². The summed E-state index contributed by atoms with van der Waals surface area (Å²) in [4.78, 5) is 12.0. The highest BCUT2D eigenvalue weighted by Crippen LogP contribution is 2.38. The van der Waals surface area contributed by atoms with Gasteiger partial charge in [-0.3, -0.25) is 4.79 Å². The predicted octanol–water partition coefficient (Wildman–Crippen LogP) is 3.64. The van der Waals surface area contributed by atoms with E-state index in [1.165, 1.54) is 0 Å². The van der Waals surface area contributed by atoms with Gasteiger partial charge >= 0.3 is 0 Å². The van der Waals surface area contributed by atoms with Crippen molar-refractivity contribution in [3.05, 3.63) is 47.0 Å². The van der Waals surface area contributed by atoms with E-state index < -0.39 is 0 Å². The highest BCUT2D eigenvalue weighted by atomic mass is 35.5. The van der Waals surface area contributed by atoms with Crippen molar-refractivity contribution < 1.29 is 23.7 Å². The van der Waals surface area contributed by atoms with Gasteiger partial charge in [-0.05, 0) is 54.8 Å². The van der Waals surface area contributed by atoms with Gasteiger partial charge in [-0.15, -0.1) is 0 Å². The Kier molecular flexibility index (Phi) is 7.25. The van der Waals surface area contributed by atoms with E-state index in [-0.39, 0.29) is 12.5 Å². The number of rotatable bonds is 9. The summed E-state index contributed by atoms with van der Waals surface area (Å²) in [6, 6.07) is 11.0. The first-order valence-electron chi connectivity index (χ1n) is 9.36. The third-order valence-corrected chi connectivity index (χ3v) is 4.34. The molecular weight excluding hydrogens is 382 g/mol. The second-order valence-corrected chi connectivity index (χ2v) is 6.72. The lowest BCUT2D eigenvalue weighted by atomic mass is 10.1. The second-order valence-electron chi connectivity index (χ2n) is 6.31. The lowest BCUT2D eigenvalue weighted by molar-refractivity contribution is -0.123. The molecule has 7 heteroatoms. The number of fused-ring (bicyclic) bond motifs is 1. The van der Waals surface area contributed by atoms with Gasteiger partial charge in [-0.1, -0.05) is 18.5 Å². The van der Waals surface area contributed by atoms with Crippen LogP contribution in [0.25, 0.3) is 0 Å². The first kappa shape index (κ1) is 20.1. The molecule has 1 aliphatic heterocycles. The van der Waals surface area contributed by atoms with Crippen LogP contribution in [-0.2, 0) is 11.2 Å².